The number of likely N-dealkylation sites (N-methyl/N-ethyl adjacent to an activating group) is 1. The topological polar surface area (TPSA) is 79.3 Å². The largest absolute Gasteiger partial charge is 0.507 e. The zero-order valence-corrected chi connectivity index (χ0v) is 22.4. The van der Waals surface area contributed by atoms with Crippen LogP contribution in [0.2, 0.25) is 0 Å². The second-order valence-corrected chi connectivity index (χ2v) is 10.1. The summed E-state index contributed by atoms with van der Waals surface area (Å²) < 4.78 is 11.5. The van der Waals surface area contributed by atoms with Crippen molar-refractivity contribution >= 4 is 17.4 Å². The number of hydrogen-bond donors (Lipinski definition) is 1. The predicted octanol–water partition coefficient (Wildman–Crippen LogP) is 4.72. The number of hydrogen-bond acceptors (Lipinski definition) is 6. The Morgan fingerprint density at radius 1 is 1.08 bits per heavy atom. The normalized spacial score (nSPS) is 17.4. The average molecular weight is 495 g/mol. The number of carbonyl (C=O) groups excluding carboxylic acids is 2. The molecule has 1 heterocycles. The number of benzene rings is 2. The molecule has 1 fully saturated rings. The van der Waals surface area contributed by atoms with Gasteiger partial charge in [-0.3, -0.25) is 9.59 Å². The van der Waals surface area contributed by atoms with E-state index in [0.717, 1.165) is 17.5 Å². The van der Waals surface area contributed by atoms with Crippen LogP contribution in [0.3, 0.4) is 0 Å². The van der Waals surface area contributed by atoms with Crippen LogP contribution >= 0.6 is 0 Å². The molecule has 0 aromatic heterocycles. The minimum absolute atomic E-state index is 0.0861. The lowest BCUT2D eigenvalue weighted by Crippen LogP contribution is -2.35. The molecule has 0 radical (unpaired) electrons. The number of methoxy groups -OCH3 is 1. The number of carbonyl (C=O) groups is 2. The number of likely N-dealkylation sites (tertiary alicyclic amines) is 1. The molecule has 1 unspecified atom stereocenters. The molecule has 0 bridgehead atoms. The van der Waals surface area contributed by atoms with Gasteiger partial charge in [-0.15, -0.1) is 0 Å². The van der Waals surface area contributed by atoms with Gasteiger partial charge >= 0.3 is 0 Å². The first-order valence-corrected chi connectivity index (χ1v) is 12.4. The monoisotopic (exact) mass is 494 g/mol. The molecule has 3 rings (SSSR count). The van der Waals surface area contributed by atoms with Crippen LogP contribution in [-0.2, 0) is 9.59 Å². The first kappa shape index (κ1) is 27.3. The maximum Gasteiger partial charge on any atom is 0.295 e. The third-order valence-corrected chi connectivity index (χ3v) is 6.43. The zero-order valence-electron chi connectivity index (χ0n) is 22.4. The molecule has 1 atom stereocenters. The summed E-state index contributed by atoms with van der Waals surface area (Å²) in [4.78, 5) is 30.0. The number of nitrogens with zero attached hydrogens (tertiary/aromatic N) is 2. The standard InChI is InChI=1S/C29H38N2O5/c1-18(2)12-15-36-23-11-10-21(17-24(23)35-7)26-25(27(32)22-16-19(3)8-9-20(22)4)28(33)29(34)31(26)14-13-30(5)6/h8-11,16-18,26,32H,12-15H2,1-7H3/b27-25+. The van der Waals surface area contributed by atoms with Gasteiger partial charge in [-0.25, -0.2) is 0 Å². The van der Waals surface area contributed by atoms with E-state index < -0.39 is 17.7 Å². The van der Waals surface area contributed by atoms with Crippen molar-refractivity contribution in [2.24, 2.45) is 5.92 Å². The van der Waals surface area contributed by atoms with E-state index in [1.54, 1.807) is 19.2 Å². The summed E-state index contributed by atoms with van der Waals surface area (Å²) in [5.41, 5.74) is 3.08. The van der Waals surface area contributed by atoms with E-state index in [1.165, 1.54) is 4.90 Å². The van der Waals surface area contributed by atoms with Crippen LogP contribution < -0.4 is 9.47 Å². The lowest BCUT2D eigenvalue weighted by Gasteiger charge is -2.27. The fourth-order valence-corrected chi connectivity index (χ4v) is 4.28. The van der Waals surface area contributed by atoms with E-state index in [-0.39, 0.29) is 11.3 Å². The highest BCUT2D eigenvalue weighted by Gasteiger charge is 2.46. The Hall–Kier alpha value is -3.32. The molecule has 0 saturated carbocycles. The fraction of sp³-hybridized carbons (Fsp3) is 0.448. The molecule has 1 aliphatic heterocycles. The highest BCUT2D eigenvalue weighted by molar-refractivity contribution is 6.46. The van der Waals surface area contributed by atoms with Gasteiger partial charge < -0.3 is 24.4 Å². The Balaban J connectivity index is 2.13. The maximum atomic E-state index is 13.3. The van der Waals surface area contributed by atoms with Gasteiger partial charge in [-0.2, -0.15) is 0 Å². The van der Waals surface area contributed by atoms with Gasteiger partial charge in [0.05, 0.1) is 25.3 Å². The molecule has 7 heteroatoms. The molecule has 1 aliphatic rings. The molecule has 0 spiro atoms. The number of ketones is 1. The van der Waals surface area contributed by atoms with Crippen LogP contribution in [0.15, 0.2) is 42.0 Å². The quantitative estimate of drug-likeness (QED) is 0.293. The van der Waals surface area contributed by atoms with E-state index in [2.05, 4.69) is 13.8 Å². The number of aryl methyl sites for hydroxylation is 2. The number of aliphatic hydroxyl groups is 1. The van der Waals surface area contributed by atoms with Crippen molar-refractivity contribution in [3.63, 3.8) is 0 Å². The molecule has 2 aromatic rings. The van der Waals surface area contributed by atoms with Crippen LogP contribution in [-0.4, -0.2) is 67.5 Å². The number of aliphatic hydroxyl groups excluding tert-OH is 1. The van der Waals surface area contributed by atoms with E-state index >= 15 is 0 Å². The molecule has 2 aromatic carbocycles. The summed E-state index contributed by atoms with van der Waals surface area (Å²) in [5.74, 6) is 0.154. The summed E-state index contributed by atoms with van der Waals surface area (Å²) in [5, 5.41) is 11.4. The number of Topliss-reactive ketones (excluding diaryl/α,β-unsaturated/α-hetero) is 1. The zero-order chi connectivity index (χ0) is 26.6. The van der Waals surface area contributed by atoms with Gasteiger partial charge in [0, 0.05) is 18.7 Å². The van der Waals surface area contributed by atoms with Crippen molar-refractivity contribution in [1.82, 2.24) is 9.80 Å². The number of rotatable bonds is 10. The predicted molar refractivity (Wildman–Crippen MR) is 141 cm³/mol. The third kappa shape index (κ3) is 5.90. The van der Waals surface area contributed by atoms with Crippen LogP contribution in [0.1, 0.15) is 48.6 Å². The Morgan fingerprint density at radius 2 is 1.81 bits per heavy atom. The van der Waals surface area contributed by atoms with Crippen LogP contribution in [0.25, 0.3) is 5.76 Å². The molecule has 7 nitrogen and oxygen atoms in total. The molecule has 36 heavy (non-hydrogen) atoms. The van der Waals surface area contributed by atoms with Crippen molar-refractivity contribution in [1.29, 1.82) is 0 Å². The molecular weight excluding hydrogens is 456 g/mol. The summed E-state index contributed by atoms with van der Waals surface area (Å²) in [6, 6.07) is 10.4. The first-order chi connectivity index (χ1) is 17.0. The van der Waals surface area contributed by atoms with Crippen molar-refractivity contribution in [2.75, 3.05) is 40.9 Å². The van der Waals surface area contributed by atoms with Crippen molar-refractivity contribution in [3.8, 4) is 11.5 Å². The van der Waals surface area contributed by atoms with Gasteiger partial charge in [0.15, 0.2) is 11.5 Å². The average Bonchev–Trinajstić information content (AvgIpc) is 3.08. The van der Waals surface area contributed by atoms with E-state index in [1.807, 2.05) is 57.1 Å². The number of amides is 1. The maximum absolute atomic E-state index is 13.3. The first-order valence-electron chi connectivity index (χ1n) is 12.4. The number of ether oxygens (including phenoxy) is 2. The van der Waals surface area contributed by atoms with E-state index in [4.69, 9.17) is 9.47 Å². The molecule has 1 N–H and O–H groups in total. The lowest BCUT2D eigenvalue weighted by atomic mass is 9.93. The Kier molecular flexibility index (Phi) is 8.79. The van der Waals surface area contributed by atoms with Crippen molar-refractivity contribution in [3.05, 3.63) is 64.2 Å². The minimum Gasteiger partial charge on any atom is -0.507 e. The van der Waals surface area contributed by atoms with E-state index in [0.29, 0.717) is 48.2 Å². The van der Waals surface area contributed by atoms with Gasteiger partial charge in [-0.05, 0) is 69.6 Å². The molecule has 0 aliphatic carbocycles. The highest BCUT2D eigenvalue weighted by atomic mass is 16.5. The molecule has 1 saturated heterocycles. The lowest BCUT2D eigenvalue weighted by molar-refractivity contribution is -0.140. The second kappa shape index (κ2) is 11.6. The van der Waals surface area contributed by atoms with Gasteiger partial charge in [0.25, 0.3) is 11.7 Å². The Labute approximate surface area is 214 Å². The molecular formula is C29H38N2O5. The van der Waals surface area contributed by atoms with Crippen LogP contribution in [0.5, 0.6) is 11.5 Å². The Morgan fingerprint density at radius 3 is 2.44 bits per heavy atom. The molecule has 1 amide bonds. The van der Waals surface area contributed by atoms with Crippen molar-refractivity contribution in [2.45, 2.75) is 40.2 Å². The summed E-state index contributed by atoms with van der Waals surface area (Å²) in [6.45, 7) is 9.53. The SMILES string of the molecule is COc1cc(C2/C(=C(\O)c3cc(C)ccc3C)C(=O)C(=O)N2CCN(C)C)ccc1OCCC(C)C. The van der Waals surface area contributed by atoms with Gasteiger partial charge in [0.2, 0.25) is 0 Å². The summed E-state index contributed by atoms with van der Waals surface area (Å²) >= 11 is 0. The van der Waals surface area contributed by atoms with Crippen LogP contribution in [0.4, 0.5) is 0 Å². The minimum atomic E-state index is -0.747. The molecule has 194 valence electrons. The van der Waals surface area contributed by atoms with Crippen molar-refractivity contribution < 1.29 is 24.2 Å². The summed E-state index contributed by atoms with van der Waals surface area (Å²) in [7, 11) is 5.38. The third-order valence-electron chi connectivity index (χ3n) is 6.43. The smallest absolute Gasteiger partial charge is 0.295 e. The van der Waals surface area contributed by atoms with Gasteiger partial charge in [-0.1, -0.05) is 37.6 Å². The highest BCUT2D eigenvalue weighted by Crippen LogP contribution is 2.42. The van der Waals surface area contributed by atoms with Gasteiger partial charge in [0.1, 0.15) is 5.76 Å². The van der Waals surface area contributed by atoms with E-state index in [9.17, 15) is 14.7 Å². The summed E-state index contributed by atoms with van der Waals surface area (Å²) in [6.07, 6.45) is 0.908. The fourth-order valence-electron chi connectivity index (χ4n) is 4.28. The van der Waals surface area contributed by atoms with Crippen LogP contribution in [0, 0.1) is 19.8 Å². The Bertz CT molecular complexity index is 1150. The second-order valence-electron chi connectivity index (χ2n) is 10.1.